The number of nitrogens with zero attached hydrogens (tertiary/aromatic N) is 1. The third-order valence-corrected chi connectivity index (χ3v) is 3.27. The molecule has 0 heterocycles. The van der Waals surface area contributed by atoms with Crippen LogP contribution in [0.1, 0.15) is 43.7 Å². The molecule has 0 unspecified atom stereocenters. The van der Waals surface area contributed by atoms with Gasteiger partial charge in [-0.25, -0.2) is 0 Å². The van der Waals surface area contributed by atoms with Crippen LogP contribution in [0.15, 0.2) is 23.4 Å². The zero-order valence-corrected chi connectivity index (χ0v) is 10.4. The van der Waals surface area contributed by atoms with Crippen molar-refractivity contribution >= 4 is 5.71 Å². The van der Waals surface area contributed by atoms with Gasteiger partial charge < -0.3 is 9.94 Å². The molecule has 17 heavy (non-hydrogen) atoms. The van der Waals surface area contributed by atoms with E-state index in [9.17, 15) is 0 Å². The summed E-state index contributed by atoms with van der Waals surface area (Å²) in [6.07, 6.45) is 5.07. The minimum Gasteiger partial charge on any atom is -0.490 e. The molecule has 0 spiro atoms. The fourth-order valence-corrected chi connectivity index (χ4v) is 2.27. The SMILES string of the molecule is CC(=NO)c1ccc(C)cc1OC1CCCC1. The van der Waals surface area contributed by atoms with E-state index in [4.69, 9.17) is 9.94 Å². The summed E-state index contributed by atoms with van der Waals surface area (Å²) in [5.74, 6) is 0.840. The second-order valence-electron chi connectivity index (χ2n) is 4.71. The van der Waals surface area contributed by atoms with Gasteiger partial charge in [0.15, 0.2) is 0 Å². The Balaban J connectivity index is 2.26. The van der Waals surface area contributed by atoms with Crippen molar-refractivity contribution in [3.8, 4) is 5.75 Å². The predicted molar refractivity (Wildman–Crippen MR) is 68.1 cm³/mol. The van der Waals surface area contributed by atoms with Crippen LogP contribution in [-0.4, -0.2) is 17.0 Å². The number of benzene rings is 1. The van der Waals surface area contributed by atoms with Crippen molar-refractivity contribution < 1.29 is 9.94 Å². The summed E-state index contributed by atoms with van der Waals surface area (Å²) in [5, 5.41) is 12.1. The van der Waals surface area contributed by atoms with Gasteiger partial charge in [-0.15, -0.1) is 0 Å². The Bertz CT molecular complexity index is 420. The zero-order chi connectivity index (χ0) is 12.3. The van der Waals surface area contributed by atoms with E-state index >= 15 is 0 Å². The average Bonchev–Trinajstić information content (AvgIpc) is 2.81. The molecule has 1 saturated carbocycles. The van der Waals surface area contributed by atoms with Gasteiger partial charge in [0, 0.05) is 5.56 Å². The van der Waals surface area contributed by atoms with Crippen molar-refractivity contribution in [2.45, 2.75) is 45.6 Å². The van der Waals surface area contributed by atoms with Crippen LogP contribution in [-0.2, 0) is 0 Å². The average molecular weight is 233 g/mol. The van der Waals surface area contributed by atoms with E-state index in [0.717, 1.165) is 29.7 Å². The first-order valence-corrected chi connectivity index (χ1v) is 6.17. The highest BCUT2D eigenvalue weighted by molar-refractivity contribution is 6.00. The van der Waals surface area contributed by atoms with Gasteiger partial charge in [-0.2, -0.15) is 0 Å². The highest BCUT2D eigenvalue weighted by Gasteiger charge is 2.18. The summed E-state index contributed by atoms with van der Waals surface area (Å²) < 4.78 is 6.02. The lowest BCUT2D eigenvalue weighted by atomic mass is 10.1. The van der Waals surface area contributed by atoms with Crippen molar-refractivity contribution in [1.82, 2.24) is 0 Å². The second kappa shape index (κ2) is 5.21. The Morgan fingerprint density at radius 2 is 2.06 bits per heavy atom. The van der Waals surface area contributed by atoms with E-state index in [1.165, 1.54) is 12.8 Å². The molecule has 1 aliphatic rings. The fraction of sp³-hybridized carbons (Fsp3) is 0.500. The van der Waals surface area contributed by atoms with Crippen LogP contribution in [0.5, 0.6) is 5.75 Å². The normalized spacial score (nSPS) is 17.4. The van der Waals surface area contributed by atoms with Gasteiger partial charge >= 0.3 is 0 Å². The molecule has 0 aliphatic heterocycles. The second-order valence-corrected chi connectivity index (χ2v) is 4.71. The topological polar surface area (TPSA) is 41.8 Å². The quantitative estimate of drug-likeness (QED) is 0.493. The lowest BCUT2D eigenvalue weighted by Crippen LogP contribution is -2.13. The number of hydrogen-bond donors (Lipinski definition) is 1. The molecule has 0 radical (unpaired) electrons. The molecule has 3 nitrogen and oxygen atoms in total. The third kappa shape index (κ3) is 2.78. The lowest BCUT2D eigenvalue weighted by molar-refractivity contribution is 0.209. The summed E-state index contributed by atoms with van der Waals surface area (Å²) in [4.78, 5) is 0. The summed E-state index contributed by atoms with van der Waals surface area (Å²) in [6, 6.07) is 5.97. The van der Waals surface area contributed by atoms with Crippen LogP contribution in [0.4, 0.5) is 0 Å². The Morgan fingerprint density at radius 1 is 1.35 bits per heavy atom. The molecular weight excluding hydrogens is 214 g/mol. The van der Waals surface area contributed by atoms with Crippen LogP contribution in [0.25, 0.3) is 0 Å². The van der Waals surface area contributed by atoms with Gasteiger partial charge in [0.05, 0.1) is 11.8 Å². The predicted octanol–water partition coefficient (Wildman–Crippen LogP) is 3.51. The molecule has 0 amide bonds. The number of aryl methyl sites for hydroxylation is 1. The third-order valence-electron chi connectivity index (χ3n) is 3.27. The summed E-state index contributed by atoms with van der Waals surface area (Å²) >= 11 is 0. The fourth-order valence-electron chi connectivity index (χ4n) is 2.27. The molecule has 1 fully saturated rings. The van der Waals surface area contributed by atoms with E-state index in [2.05, 4.69) is 5.16 Å². The van der Waals surface area contributed by atoms with Crippen LogP contribution in [0, 0.1) is 6.92 Å². The lowest BCUT2D eigenvalue weighted by Gasteiger charge is -2.16. The van der Waals surface area contributed by atoms with E-state index in [1.807, 2.05) is 25.1 Å². The van der Waals surface area contributed by atoms with Crippen molar-refractivity contribution in [3.05, 3.63) is 29.3 Å². The van der Waals surface area contributed by atoms with Gasteiger partial charge in [0.25, 0.3) is 0 Å². The van der Waals surface area contributed by atoms with Crippen molar-refractivity contribution in [3.63, 3.8) is 0 Å². The molecule has 3 heteroatoms. The van der Waals surface area contributed by atoms with Crippen LogP contribution in [0.3, 0.4) is 0 Å². The number of rotatable bonds is 3. The molecule has 2 rings (SSSR count). The monoisotopic (exact) mass is 233 g/mol. The molecule has 0 atom stereocenters. The molecule has 1 aliphatic carbocycles. The molecule has 92 valence electrons. The maximum atomic E-state index is 8.88. The molecule has 1 aromatic carbocycles. The van der Waals surface area contributed by atoms with E-state index in [0.29, 0.717) is 11.8 Å². The van der Waals surface area contributed by atoms with Gasteiger partial charge in [0.1, 0.15) is 5.75 Å². The molecule has 1 N–H and O–H groups in total. The van der Waals surface area contributed by atoms with Crippen molar-refractivity contribution in [2.75, 3.05) is 0 Å². The Morgan fingerprint density at radius 3 is 2.71 bits per heavy atom. The maximum Gasteiger partial charge on any atom is 0.129 e. The Kier molecular flexibility index (Phi) is 3.67. The number of ether oxygens (including phenoxy) is 1. The van der Waals surface area contributed by atoms with Crippen molar-refractivity contribution in [2.24, 2.45) is 5.16 Å². The first-order valence-electron chi connectivity index (χ1n) is 6.17. The molecule has 0 aromatic heterocycles. The summed E-state index contributed by atoms with van der Waals surface area (Å²) in [6.45, 7) is 3.82. The maximum absolute atomic E-state index is 8.88. The van der Waals surface area contributed by atoms with E-state index in [-0.39, 0.29) is 0 Å². The molecular formula is C14H19NO2. The smallest absolute Gasteiger partial charge is 0.129 e. The Hall–Kier alpha value is -1.51. The van der Waals surface area contributed by atoms with Gasteiger partial charge in [-0.1, -0.05) is 11.2 Å². The minimum absolute atomic E-state index is 0.321. The number of oxime groups is 1. The van der Waals surface area contributed by atoms with Crippen LogP contribution < -0.4 is 4.74 Å². The molecule has 1 aromatic rings. The Labute approximate surface area is 102 Å². The number of hydrogen-bond acceptors (Lipinski definition) is 3. The van der Waals surface area contributed by atoms with Crippen molar-refractivity contribution in [1.29, 1.82) is 0 Å². The summed E-state index contributed by atoms with van der Waals surface area (Å²) in [7, 11) is 0. The first-order chi connectivity index (χ1) is 8.20. The van der Waals surface area contributed by atoms with Crippen LogP contribution in [0.2, 0.25) is 0 Å². The largest absolute Gasteiger partial charge is 0.490 e. The van der Waals surface area contributed by atoms with Gasteiger partial charge in [-0.05, 0) is 57.2 Å². The van der Waals surface area contributed by atoms with E-state index in [1.54, 1.807) is 6.92 Å². The van der Waals surface area contributed by atoms with E-state index < -0.39 is 0 Å². The molecule has 0 saturated heterocycles. The minimum atomic E-state index is 0.321. The standard InChI is InChI=1S/C14H19NO2/c1-10-7-8-13(11(2)15-16)14(9-10)17-12-5-3-4-6-12/h7-9,12,16H,3-6H2,1-2H3. The highest BCUT2D eigenvalue weighted by Crippen LogP contribution is 2.28. The van der Waals surface area contributed by atoms with Gasteiger partial charge in [-0.3, -0.25) is 0 Å². The zero-order valence-electron chi connectivity index (χ0n) is 10.4. The first kappa shape index (κ1) is 12.0. The molecule has 0 bridgehead atoms. The summed E-state index contributed by atoms with van der Waals surface area (Å²) in [5.41, 5.74) is 2.63. The highest BCUT2D eigenvalue weighted by atomic mass is 16.5. The van der Waals surface area contributed by atoms with Crippen LogP contribution >= 0.6 is 0 Å². The van der Waals surface area contributed by atoms with Gasteiger partial charge in [0.2, 0.25) is 0 Å².